The molecule has 0 spiro atoms. The molecule has 34 heavy (non-hydrogen) atoms. The number of ketones is 1. The number of Topliss-reactive ketones (excluding diaryl/α,β-unsaturated/α-hetero) is 1. The van der Waals surface area contributed by atoms with Crippen LogP contribution >= 0.6 is 0 Å². The van der Waals surface area contributed by atoms with Crippen molar-refractivity contribution in [1.82, 2.24) is 10.3 Å². The van der Waals surface area contributed by atoms with Crippen molar-refractivity contribution in [2.75, 3.05) is 6.54 Å². The number of hydrogen-bond donors (Lipinski definition) is 2. The number of rotatable bonds is 1. The molecule has 2 N–H and O–H groups in total. The van der Waals surface area contributed by atoms with Crippen molar-refractivity contribution < 1.29 is 19.1 Å². The van der Waals surface area contributed by atoms with Crippen LogP contribution in [0.5, 0.6) is 0 Å². The Labute approximate surface area is 206 Å². The Bertz CT molecular complexity index is 837. The van der Waals surface area contributed by atoms with E-state index in [4.69, 9.17) is 4.42 Å². The summed E-state index contributed by atoms with van der Waals surface area (Å²) in [6, 6.07) is 0. The van der Waals surface area contributed by atoms with Crippen molar-refractivity contribution in [3.8, 4) is 0 Å². The minimum absolute atomic E-state index is 0.0313. The molecule has 3 unspecified atom stereocenters. The molecule has 0 bridgehead atoms. The highest BCUT2D eigenvalue weighted by molar-refractivity contribution is 5.87. The van der Waals surface area contributed by atoms with E-state index in [0.29, 0.717) is 18.4 Å². The molecule has 2 rings (SSSR count). The van der Waals surface area contributed by atoms with Crippen LogP contribution in [0.25, 0.3) is 6.08 Å². The zero-order valence-corrected chi connectivity index (χ0v) is 22.5. The van der Waals surface area contributed by atoms with Crippen molar-refractivity contribution in [2.24, 2.45) is 23.2 Å². The topological polar surface area (TPSA) is 92.4 Å². The van der Waals surface area contributed by atoms with Crippen LogP contribution < -0.4 is 5.32 Å². The van der Waals surface area contributed by atoms with Gasteiger partial charge in [-0.2, -0.15) is 0 Å². The van der Waals surface area contributed by atoms with Crippen molar-refractivity contribution in [1.29, 1.82) is 0 Å². The van der Waals surface area contributed by atoms with E-state index in [1.54, 1.807) is 20.1 Å². The number of allylic oxidation sites excluding steroid dienone is 2. The quantitative estimate of drug-likeness (QED) is 0.495. The SMILES string of the molecule is C/C1=C/[C@H](C)CNC(=O)CC(O)C(C)(C)C(=O)C(C)CC(C)CCC1.C/C=C\c1coc(C)n1. The van der Waals surface area contributed by atoms with Gasteiger partial charge in [0.1, 0.15) is 17.7 Å². The second kappa shape index (κ2) is 14.2. The molecule has 1 aromatic rings. The maximum Gasteiger partial charge on any atom is 0.222 e. The van der Waals surface area contributed by atoms with Crippen LogP contribution in [0.15, 0.2) is 28.4 Å². The van der Waals surface area contributed by atoms with E-state index in [2.05, 4.69) is 37.1 Å². The van der Waals surface area contributed by atoms with E-state index in [1.807, 2.05) is 32.9 Å². The van der Waals surface area contributed by atoms with Crippen LogP contribution in [0.3, 0.4) is 0 Å². The van der Waals surface area contributed by atoms with Crippen molar-refractivity contribution in [3.63, 3.8) is 0 Å². The lowest BCUT2D eigenvalue weighted by atomic mass is 9.74. The summed E-state index contributed by atoms with van der Waals surface area (Å²) in [6.07, 6.45) is 10.8. The number of nitrogens with zero attached hydrogens (tertiary/aromatic N) is 1. The first kappa shape index (κ1) is 29.8. The zero-order chi connectivity index (χ0) is 25.9. The van der Waals surface area contributed by atoms with Gasteiger partial charge in [-0.3, -0.25) is 9.59 Å². The minimum Gasteiger partial charge on any atom is -0.449 e. The van der Waals surface area contributed by atoms with Crippen LogP contribution in [-0.2, 0) is 9.59 Å². The Kier molecular flexibility index (Phi) is 12.5. The molecule has 2 heterocycles. The molecule has 4 atom stereocenters. The number of aliphatic hydroxyl groups excluding tert-OH is 1. The first-order chi connectivity index (χ1) is 15.9. The lowest BCUT2D eigenvalue weighted by Crippen LogP contribution is -2.43. The number of carbonyl (C=O) groups is 2. The molecule has 0 fully saturated rings. The van der Waals surface area contributed by atoms with Gasteiger partial charge in [-0.05, 0) is 51.0 Å². The summed E-state index contributed by atoms with van der Waals surface area (Å²) in [4.78, 5) is 29.0. The molecule has 0 radical (unpaired) electrons. The van der Waals surface area contributed by atoms with Gasteiger partial charge >= 0.3 is 0 Å². The number of carbonyl (C=O) groups excluding carboxylic acids is 2. The molecule has 0 aliphatic carbocycles. The van der Waals surface area contributed by atoms with Gasteiger partial charge in [-0.1, -0.05) is 58.8 Å². The number of hydrogen-bond acceptors (Lipinski definition) is 5. The summed E-state index contributed by atoms with van der Waals surface area (Å²) in [6.45, 7) is 16.2. The Morgan fingerprint density at radius 1 is 1.21 bits per heavy atom. The largest absolute Gasteiger partial charge is 0.449 e. The minimum atomic E-state index is -0.960. The van der Waals surface area contributed by atoms with Gasteiger partial charge in [0.05, 0.1) is 17.9 Å². The highest BCUT2D eigenvalue weighted by Crippen LogP contribution is 2.31. The van der Waals surface area contributed by atoms with Gasteiger partial charge < -0.3 is 14.8 Å². The van der Waals surface area contributed by atoms with Gasteiger partial charge in [0.15, 0.2) is 5.89 Å². The van der Waals surface area contributed by atoms with Gasteiger partial charge in [-0.25, -0.2) is 4.98 Å². The van der Waals surface area contributed by atoms with Crippen LogP contribution in [0.4, 0.5) is 0 Å². The van der Waals surface area contributed by atoms with E-state index < -0.39 is 11.5 Å². The average Bonchev–Trinajstić information content (AvgIpc) is 3.16. The van der Waals surface area contributed by atoms with Crippen molar-refractivity contribution in [2.45, 2.75) is 93.6 Å². The third-order valence-electron chi connectivity index (χ3n) is 6.48. The standard InChI is InChI=1S/C21H37NO3.C7H9NO/c1-14-8-7-9-15(2)11-17(4)20(25)21(5,6)18(23)12-19(24)22-13-16(3)10-14;1-3-4-7-5-9-6(2)8-7/h10,15-18,23H,7-9,11-13H2,1-6H3,(H,22,24);3-5H,1-2H3/b14-10-;4-3-/t15?,16-,17?,18?;/m0./s1. The van der Waals surface area contributed by atoms with Crippen LogP contribution in [0, 0.1) is 30.1 Å². The predicted molar refractivity (Wildman–Crippen MR) is 138 cm³/mol. The number of oxazole rings is 1. The molecule has 1 aliphatic rings. The molecule has 1 aliphatic heterocycles. The highest BCUT2D eigenvalue weighted by Gasteiger charge is 2.39. The van der Waals surface area contributed by atoms with Crippen LogP contribution in [-0.4, -0.2) is 34.4 Å². The molecular formula is C28H46N2O4. The number of aromatic nitrogens is 1. The predicted octanol–water partition coefficient (Wildman–Crippen LogP) is 5.89. The number of aliphatic hydroxyl groups is 1. The normalized spacial score (nSPS) is 29.0. The second-order valence-electron chi connectivity index (χ2n) is 10.5. The average molecular weight is 475 g/mol. The summed E-state index contributed by atoms with van der Waals surface area (Å²) in [5.41, 5.74) is 1.33. The Balaban J connectivity index is 0.000000533. The zero-order valence-electron chi connectivity index (χ0n) is 22.5. The van der Waals surface area contributed by atoms with E-state index in [9.17, 15) is 14.7 Å². The maximum atomic E-state index is 12.8. The first-order valence-electron chi connectivity index (χ1n) is 12.6. The molecule has 0 saturated heterocycles. The van der Waals surface area contributed by atoms with Crippen molar-refractivity contribution in [3.05, 3.63) is 35.6 Å². The summed E-state index contributed by atoms with van der Waals surface area (Å²) in [5.74, 6) is 1.21. The van der Waals surface area contributed by atoms with Gasteiger partial charge in [0.2, 0.25) is 5.91 Å². The molecular weight excluding hydrogens is 428 g/mol. The van der Waals surface area contributed by atoms with Crippen LogP contribution in [0.1, 0.15) is 92.2 Å². The lowest BCUT2D eigenvalue weighted by Gasteiger charge is -2.32. The molecule has 6 nitrogen and oxygen atoms in total. The number of aryl methyl sites for hydroxylation is 1. The first-order valence-corrected chi connectivity index (χ1v) is 12.6. The van der Waals surface area contributed by atoms with E-state index >= 15 is 0 Å². The monoisotopic (exact) mass is 474 g/mol. The maximum absolute atomic E-state index is 12.8. The summed E-state index contributed by atoms with van der Waals surface area (Å²) in [7, 11) is 0. The second-order valence-corrected chi connectivity index (χ2v) is 10.5. The molecule has 0 saturated carbocycles. The van der Waals surface area contributed by atoms with Crippen LogP contribution in [0.2, 0.25) is 0 Å². The molecule has 0 aromatic carbocycles. The fourth-order valence-corrected chi connectivity index (χ4v) is 4.39. The third-order valence-corrected chi connectivity index (χ3v) is 6.48. The Morgan fingerprint density at radius 2 is 1.88 bits per heavy atom. The Morgan fingerprint density at radius 3 is 2.47 bits per heavy atom. The molecule has 6 heteroatoms. The smallest absolute Gasteiger partial charge is 0.222 e. The summed E-state index contributed by atoms with van der Waals surface area (Å²) >= 11 is 0. The fraction of sp³-hybridized carbons (Fsp3) is 0.679. The third kappa shape index (κ3) is 10.4. The molecule has 1 amide bonds. The van der Waals surface area contributed by atoms with E-state index in [1.165, 1.54) is 5.57 Å². The summed E-state index contributed by atoms with van der Waals surface area (Å²) < 4.78 is 4.95. The molecule has 192 valence electrons. The lowest BCUT2D eigenvalue weighted by molar-refractivity contribution is -0.139. The summed E-state index contributed by atoms with van der Waals surface area (Å²) in [5, 5.41) is 13.4. The van der Waals surface area contributed by atoms with E-state index in [-0.39, 0.29) is 29.9 Å². The van der Waals surface area contributed by atoms with Gasteiger partial charge in [-0.15, -0.1) is 0 Å². The fourth-order valence-electron chi connectivity index (χ4n) is 4.39. The van der Waals surface area contributed by atoms with Gasteiger partial charge in [0.25, 0.3) is 0 Å². The van der Waals surface area contributed by atoms with Gasteiger partial charge in [0, 0.05) is 19.4 Å². The van der Waals surface area contributed by atoms with E-state index in [0.717, 1.165) is 31.4 Å². The highest BCUT2D eigenvalue weighted by atomic mass is 16.3. The molecule has 1 aromatic heterocycles. The van der Waals surface area contributed by atoms with Crippen molar-refractivity contribution >= 4 is 17.8 Å². The number of amides is 1. The Hall–Kier alpha value is -2.21. The number of nitrogens with one attached hydrogen (secondary N) is 1.